The maximum atomic E-state index is 12.9. The molecule has 0 aromatic heterocycles. The molecule has 0 bridgehead atoms. The van der Waals surface area contributed by atoms with Crippen LogP contribution in [0.1, 0.15) is 11.1 Å². The summed E-state index contributed by atoms with van der Waals surface area (Å²) in [6.07, 6.45) is 0.116. The van der Waals surface area contributed by atoms with Crippen LogP contribution in [0.15, 0.2) is 12.1 Å². The molecular weight excluding hydrogens is 157 g/mol. The normalized spacial score (nSPS) is 9.42. The van der Waals surface area contributed by atoms with E-state index in [-0.39, 0.29) is 17.7 Å². The fourth-order valence-corrected chi connectivity index (χ4v) is 0.912. The first-order chi connectivity index (χ1) is 5.65. The molecule has 0 aliphatic rings. The molecule has 1 rings (SSSR count). The molecule has 0 radical (unpaired) electrons. The molecule has 12 heavy (non-hydrogen) atoms. The summed E-state index contributed by atoms with van der Waals surface area (Å²) < 4.78 is 12.9. The molecule has 0 atom stereocenters. The summed E-state index contributed by atoms with van der Waals surface area (Å²) in [7, 11) is 0. The lowest BCUT2D eigenvalue weighted by molar-refractivity contribution is 0.462. The Hall–Kier alpha value is -1.56. The van der Waals surface area contributed by atoms with Gasteiger partial charge < -0.3 is 5.11 Å². The van der Waals surface area contributed by atoms with E-state index in [1.165, 1.54) is 19.1 Å². The minimum Gasteiger partial charge on any atom is -0.508 e. The van der Waals surface area contributed by atoms with Crippen molar-refractivity contribution in [2.75, 3.05) is 0 Å². The summed E-state index contributed by atoms with van der Waals surface area (Å²) in [6.45, 7) is 1.49. The lowest BCUT2D eigenvalue weighted by Crippen LogP contribution is -1.88. The zero-order valence-corrected chi connectivity index (χ0v) is 6.63. The van der Waals surface area contributed by atoms with Crippen molar-refractivity contribution in [1.82, 2.24) is 0 Å². The van der Waals surface area contributed by atoms with Crippen molar-refractivity contribution >= 4 is 0 Å². The van der Waals surface area contributed by atoms with Gasteiger partial charge in [-0.25, -0.2) is 4.39 Å². The van der Waals surface area contributed by atoms with Crippen LogP contribution in [-0.2, 0) is 6.42 Å². The average Bonchev–Trinajstić information content (AvgIpc) is 2.01. The third-order valence-corrected chi connectivity index (χ3v) is 1.66. The number of benzene rings is 1. The Morgan fingerprint density at radius 3 is 2.75 bits per heavy atom. The van der Waals surface area contributed by atoms with Crippen LogP contribution in [0.5, 0.6) is 5.75 Å². The highest BCUT2D eigenvalue weighted by Crippen LogP contribution is 2.21. The highest BCUT2D eigenvalue weighted by molar-refractivity contribution is 5.37. The van der Waals surface area contributed by atoms with Crippen LogP contribution in [0.2, 0.25) is 0 Å². The second kappa shape index (κ2) is 3.22. The summed E-state index contributed by atoms with van der Waals surface area (Å²) in [5, 5.41) is 17.5. The monoisotopic (exact) mass is 165 g/mol. The molecule has 0 heterocycles. The van der Waals surface area contributed by atoms with Crippen molar-refractivity contribution in [3.63, 3.8) is 0 Å². The Morgan fingerprint density at radius 2 is 2.25 bits per heavy atom. The molecule has 62 valence electrons. The van der Waals surface area contributed by atoms with Crippen molar-refractivity contribution in [2.45, 2.75) is 13.3 Å². The average molecular weight is 165 g/mol. The maximum Gasteiger partial charge on any atom is 0.130 e. The first-order valence-corrected chi connectivity index (χ1v) is 3.50. The summed E-state index contributed by atoms with van der Waals surface area (Å²) in [5.74, 6) is -0.569. The topological polar surface area (TPSA) is 44.0 Å². The zero-order valence-electron chi connectivity index (χ0n) is 6.63. The van der Waals surface area contributed by atoms with Crippen LogP contribution in [0.3, 0.4) is 0 Å². The van der Waals surface area contributed by atoms with Gasteiger partial charge >= 0.3 is 0 Å². The van der Waals surface area contributed by atoms with Gasteiger partial charge in [0.15, 0.2) is 0 Å². The number of hydrogen-bond acceptors (Lipinski definition) is 2. The first kappa shape index (κ1) is 8.54. The largest absolute Gasteiger partial charge is 0.508 e. The van der Waals surface area contributed by atoms with Crippen molar-refractivity contribution in [1.29, 1.82) is 5.26 Å². The quantitative estimate of drug-likeness (QED) is 0.690. The van der Waals surface area contributed by atoms with Crippen LogP contribution in [0, 0.1) is 24.1 Å². The molecule has 0 aliphatic carbocycles. The second-order valence-corrected chi connectivity index (χ2v) is 2.56. The molecule has 1 aromatic rings. The van der Waals surface area contributed by atoms with Gasteiger partial charge in [0.2, 0.25) is 0 Å². The summed E-state index contributed by atoms with van der Waals surface area (Å²) >= 11 is 0. The summed E-state index contributed by atoms with van der Waals surface area (Å²) in [6, 6.07) is 4.55. The number of phenols is 1. The van der Waals surface area contributed by atoms with Crippen molar-refractivity contribution < 1.29 is 9.50 Å². The van der Waals surface area contributed by atoms with Crippen LogP contribution in [-0.4, -0.2) is 5.11 Å². The number of rotatable bonds is 1. The first-order valence-electron chi connectivity index (χ1n) is 3.50. The molecule has 2 nitrogen and oxygen atoms in total. The maximum absolute atomic E-state index is 12.9. The fraction of sp³-hybridized carbons (Fsp3) is 0.222. The lowest BCUT2D eigenvalue weighted by atomic mass is 10.1. The predicted octanol–water partition coefficient (Wildman–Crippen LogP) is 1.91. The van der Waals surface area contributed by atoms with E-state index in [1.54, 1.807) is 0 Å². The van der Waals surface area contributed by atoms with Crippen LogP contribution >= 0.6 is 0 Å². The second-order valence-electron chi connectivity index (χ2n) is 2.56. The third-order valence-electron chi connectivity index (χ3n) is 1.66. The number of aromatic hydroxyl groups is 1. The van der Waals surface area contributed by atoms with Gasteiger partial charge in [0.25, 0.3) is 0 Å². The van der Waals surface area contributed by atoms with Crippen molar-refractivity contribution in [3.05, 3.63) is 29.1 Å². The van der Waals surface area contributed by atoms with Crippen LogP contribution in [0.25, 0.3) is 0 Å². The van der Waals surface area contributed by atoms with Gasteiger partial charge in [-0.3, -0.25) is 0 Å². The van der Waals surface area contributed by atoms with E-state index in [0.29, 0.717) is 5.56 Å². The van der Waals surface area contributed by atoms with E-state index in [0.717, 1.165) is 0 Å². The zero-order chi connectivity index (χ0) is 9.14. The Bertz CT molecular complexity index is 318. The number of hydrogen-bond donors (Lipinski definition) is 1. The number of nitriles is 1. The summed E-state index contributed by atoms with van der Waals surface area (Å²) in [5.41, 5.74) is 0.717. The molecule has 0 unspecified atom stereocenters. The Balaban J connectivity index is 3.14. The van der Waals surface area contributed by atoms with Gasteiger partial charge in [0, 0.05) is 5.56 Å². The lowest BCUT2D eigenvalue weighted by Gasteiger charge is -2.01. The predicted molar refractivity (Wildman–Crippen MR) is 42.1 cm³/mol. The minimum absolute atomic E-state index is 0.0970. The Morgan fingerprint density at radius 1 is 1.58 bits per heavy atom. The SMILES string of the molecule is Cc1c(O)cc(CC#N)cc1F. The van der Waals surface area contributed by atoms with E-state index in [1.807, 2.05) is 6.07 Å². The van der Waals surface area contributed by atoms with Crippen molar-refractivity contribution in [2.24, 2.45) is 0 Å². The minimum atomic E-state index is -0.472. The van der Waals surface area contributed by atoms with E-state index >= 15 is 0 Å². The van der Waals surface area contributed by atoms with Crippen LogP contribution in [0.4, 0.5) is 4.39 Å². The van der Waals surface area contributed by atoms with E-state index in [2.05, 4.69) is 0 Å². The van der Waals surface area contributed by atoms with Gasteiger partial charge in [0.05, 0.1) is 12.5 Å². The van der Waals surface area contributed by atoms with E-state index in [4.69, 9.17) is 10.4 Å². The van der Waals surface area contributed by atoms with E-state index in [9.17, 15) is 4.39 Å². The molecule has 0 saturated heterocycles. The van der Waals surface area contributed by atoms with Crippen molar-refractivity contribution in [3.8, 4) is 11.8 Å². The van der Waals surface area contributed by atoms with Gasteiger partial charge in [0.1, 0.15) is 11.6 Å². The fourth-order valence-electron chi connectivity index (χ4n) is 0.912. The molecule has 0 fully saturated rings. The number of phenolic OH excluding ortho intramolecular Hbond substituents is 1. The highest BCUT2D eigenvalue weighted by atomic mass is 19.1. The Labute approximate surface area is 69.9 Å². The molecule has 0 amide bonds. The molecule has 0 spiro atoms. The van der Waals surface area contributed by atoms with Gasteiger partial charge in [-0.2, -0.15) is 5.26 Å². The third kappa shape index (κ3) is 1.54. The molecular formula is C9H8FNO. The molecule has 1 aromatic carbocycles. The number of nitrogens with zero attached hydrogens (tertiary/aromatic N) is 1. The van der Waals surface area contributed by atoms with E-state index < -0.39 is 5.82 Å². The molecule has 0 aliphatic heterocycles. The summed E-state index contributed by atoms with van der Waals surface area (Å²) in [4.78, 5) is 0. The smallest absolute Gasteiger partial charge is 0.130 e. The molecule has 3 heteroatoms. The molecule has 0 saturated carbocycles. The van der Waals surface area contributed by atoms with Gasteiger partial charge in [-0.1, -0.05) is 0 Å². The number of halogens is 1. The Kier molecular flexibility index (Phi) is 2.29. The van der Waals surface area contributed by atoms with Crippen LogP contribution < -0.4 is 0 Å². The molecule has 1 N–H and O–H groups in total. The standard InChI is InChI=1S/C9H8FNO/c1-6-8(10)4-7(2-3-11)5-9(6)12/h4-5,12H,2H2,1H3. The highest BCUT2D eigenvalue weighted by Gasteiger charge is 2.04. The van der Waals surface area contributed by atoms with Gasteiger partial charge in [-0.05, 0) is 24.6 Å². The van der Waals surface area contributed by atoms with Gasteiger partial charge in [-0.15, -0.1) is 0 Å².